The van der Waals surface area contributed by atoms with E-state index in [0.717, 1.165) is 34.1 Å². The predicted molar refractivity (Wildman–Crippen MR) is 350 cm³/mol. The Hall–Kier alpha value is -10.8. The summed E-state index contributed by atoms with van der Waals surface area (Å²) in [5, 5.41) is 5.03. The Bertz CT molecular complexity index is 4030. The van der Waals surface area contributed by atoms with E-state index >= 15 is 0 Å². The van der Waals surface area contributed by atoms with Crippen molar-refractivity contribution < 1.29 is 0 Å². The highest BCUT2D eigenvalue weighted by Gasteiger charge is 2.16. The van der Waals surface area contributed by atoms with E-state index in [1.54, 1.807) is 0 Å². The van der Waals surface area contributed by atoms with Crippen molar-refractivity contribution in [3.63, 3.8) is 0 Å². The third-order valence-corrected chi connectivity index (χ3v) is 15.3. The number of rotatable bonds is 12. The van der Waals surface area contributed by atoms with Crippen LogP contribution in [-0.4, -0.2) is 0 Å². The Morgan fingerprint density at radius 3 is 0.524 bits per heavy atom. The van der Waals surface area contributed by atoms with Gasteiger partial charge in [-0.25, -0.2) is 0 Å². The van der Waals surface area contributed by atoms with Crippen LogP contribution in [0.25, 0.3) is 88.3 Å². The zero-order valence-corrected chi connectivity index (χ0v) is 45.4. The fourth-order valence-corrected chi connectivity index (χ4v) is 11.0. The molecule has 0 saturated carbocycles. The van der Waals surface area contributed by atoms with Crippen LogP contribution in [0.4, 0.5) is 34.1 Å². The minimum Gasteiger partial charge on any atom is -0.311 e. The standard InChI is InChI=1S/C44H31N.C36H27N/c1-2-8-32(9-3-1)35-18-24-42(25-19-35)45(43-26-20-36(21-27-43)40-16-14-33-10-4-6-12-38(33)30-40)44-28-22-37(23-29-44)41-17-15-34-11-5-7-13-39(34)31-41;1-4-10-28(11-5-1)31-16-22-34(23-17-31)37(35-24-18-32(19-25-35)29-12-6-2-7-13-29)36-26-20-33(21-27-36)30-14-8-3-9-15-30/h1-31H;1-27H. The van der Waals surface area contributed by atoms with E-state index in [0.29, 0.717) is 0 Å². The molecule has 0 N–H and O–H groups in total. The lowest BCUT2D eigenvalue weighted by Crippen LogP contribution is -2.09. The first-order valence-corrected chi connectivity index (χ1v) is 28.0. The molecule has 14 rings (SSSR count). The van der Waals surface area contributed by atoms with Crippen LogP contribution in [0.3, 0.4) is 0 Å². The molecule has 0 amide bonds. The predicted octanol–water partition coefficient (Wildman–Crippen LogP) is 22.6. The molecule has 14 aromatic carbocycles. The van der Waals surface area contributed by atoms with Gasteiger partial charge in [-0.2, -0.15) is 0 Å². The van der Waals surface area contributed by atoms with Gasteiger partial charge in [0.15, 0.2) is 0 Å². The van der Waals surface area contributed by atoms with Gasteiger partial charge in [-0.15, -0.1) is 0 Å². The molecule has 0 unspecified atom stereocenters. The highest BCUT2D eigenvalue weighted by atomic mass is 15.1. The summed E-state index contributed by atoms with van der Waals surface area (Å²) >= 11 is 0. The van der Waals surface area contributed by atoms with Gasteiger partial charge < -0.3 is 9.80 Å². The minimum absolute atomic E-state index is 1.12. The van der Waals surface area contributed by atoms with E-state index in [2.05, 4.69) is 362 Å². The van der Waals surface area contributed by atoms with E-state index in [-0.39, 0.29) is 0 Å². The van der Waals surface area contributed by atoms with Crippen LogP contribution in [0.15, 0.2) is 352 Å². The van der Waals surface area contributed by atoms with Gasteiger partial charge in [0.1, 0.15) is 0 Å². The molecule has 388 valence electrons. The maximum Gasteiger partial charge on any atom is 0.0462 e. The Morgan fingerprint density at radius 1 is 0.122 bits per heavy atom. The molecule has 0 aliphatic rings. The van der Waals surface area contributed by atoms with Gasteiger partial charge in [0.05, 0.1) is 0 Å². The second-order valence-corrected chi connectivity index (χ2v) is 20.5. The maximum absolute atomic E-state index is 2.34. The molecule has 2 heteroatoms. The summed E-state index contributed by atoms with van der Waals surface area (Å²) in [5.74, 6) is 0. The van der Waals surface area contributed by atoms with Crippen LogP contribution in [-0.2, 0) is 0 Å². The topological polar surface area (TPSA) is 6.48 Å². The van der Waals surface area contributed by atoms with Gasteiger partial charge in [-0.1, -0.05) is 267 Å². The highest BCUT2D eigenvalue weighted by Crippen LogP contribution is 2.40. The van der Waals surface area contributed by atoms with E-state index < -0.39 is 0 Å². The molecule has 0 aliphatic carbocycles. The lowest BCUT2D eigenvalue weighted by Gasteiger charge is -2.26. The van der Waals surface area contributed by atoms with Gasteiger partial charge in [-0.3, -0.25) is 0 Å². The zero-order chi connectivity index (χ0) is 54.9. The molecule has 82 heavy (non-hydrogen) atoms. The summed E-state index contributed by atoms with van der Waals surface area (Å²) in [6.07, 6.45) is 0. The van der Waals surface area contributed by atoms with Crippen molar-refractivity contribution in [2.75, 3.05) is 9.80 Å². The van der Waals surface area contributed by atoms with Gasteiger partial charge >= 0.3 is 0 Å². The number of nitrogens with zero attached hydrogens (tertiary/aromatic N) is 2. The fraction of sp³-hybridized carbons (Fsp3) is 0. The van der Waals surface area contributed by atoms with Crippen LogP contribution >= 0.6 is 0 Å². The normalized spacial score (nSPS) is 10.9. The molecule has 0 heterocycles. The Morgan fingerprint density at radius 2 is 0.293 bits per heavy atom. The van der Waals surface area contributed by atoms with Crippen molar-refractivity contribution in [3.8, 4) is 66.8 Å². The van der Waals surface area contributed by atoms with Gasteiger partial charge in [0, 0.05) is 34.1 Å². The van der Waals surface area contributed by atoms with Crippen LogP contribution in [0.5, 0.6) is 0 Å². The first-order chi connectivity index (χ1) is 40.6. The van der Waals surface area contributed by atoms with E-state index in [9.17, 15) is 0 Å². The number of benzene rings is 14. The molecule has 0 aromatic heterocycles. The first kappa shape index (κ1) is 50.7. The van der Waals surface area contributed by atoms with Gasteiger partial charge in [0.25, 0.3) is 0 Å². The number of fused-ring (bicyclic) bond motifs is 2. The first-order valence-electron chi connectivity index (χ1n) is 28.0. The smallest absolute Gasteiger partial charge is 0.0462 e. The number of hydrogen-bond acceptors (Lipinski definition) is 2. The van der Waals surface area contributed by atoms with Gasteiger partial charge in [-0.05, 0) is 173 Å². The van der Waals surface area contributed by atoms with Crippen LogP contribution in [0, 0.1) is 0 Å². The lowest BCUT2D eigenvalue weighted by molar-refractivity contribution is 1.28. The fourth-order valence-electron chi connectivity index (χ4n) is 11.0. The molecule has 0 spiro atoms. The SMILES string of the molecule is c1ccc(-c2ccc(N(c3ccc(-c4ccc5ccccc5c4)cc3)c3ccc(-c4ccc5ccccc5c4)cc3)cc2)cc1.c1ccc(-c2ccc(N(c3ccc(-c4ccccc4)cc3)c3ccc(-c4ccccc4)cc3)cc2)cc1. The second-order valence-electron chi connectivity index (χ2n) is 20.5. The van der Waals surface area contributed by atoms with Crippen molar-refractivity contribution in [1.29, 1.82) is 0 Å². The minimum atomic E-state index is 1.12. The molecule has 0 saturated heterocycles. The molecule has 2 nitrogen and oxygen atoms in total. The van der Waals surface area contributed by atoms with Crippen molar-refractivity contribution in [1.82, 2.24) is 0 Å². The van der Waals surface area contributed by atoms with Crippen LogP contribution in [0.2, 0.25) is 0 Å². The summed E-state index contributed by atoms with van der Waals surface area (Å²) in [6, 6.07) is 126. The summed E-state index contributed by atoms with van der Waals surface area (Å²) in [5.41, 5.74) is 21.3. The largest absolute Gasteiger partial charge is 0.311 e. The molecule has 14 aromatic rings. The number of hydrogen-bond donors (Lipinski definition) is 0. The molecule has 0 fully saturated rings. The van der Waals surface area contributed by atoms with Crippen molar-refractivity contribution in [2.24, 2.45) is 0 Å². The molecule has 0 radical (unpaired) electrons. The Balaban J connectivity index is 0.000000157. The Labute approximate surface area is 481 Å². The summed E-state index contributed by atoms with van der Waals surface area (Å²) in [6.45, 7) is 0. The van der Waals surface area contributed by atoms with E-state index in [1.165, 1.54) is 88.3 Å². The van der Waals surface area contributed by atoms with Crippen LogP contribution in [0.1, 0.15) is 0 Å². The summed E-state index contributed by atoms with van der Waals surface area (Å²) < 4.78 is 0. The lowest BCUT2D eigenvalue weighted by atomic mass is 10.00. The summed E-state index contributed by atoms with van der Waals surface area (Å²) in [4.78, 5) is 4.65. The molecule has 0 bridgehead atoms. The van der Waals surface area contributed by atoms with Crippen molar-refractivity contribution in [2.45, 2.75) is 0 Å². The quantitative estimate of drug-likeness (QED) is 0.120. The Kier molecular flexibility index (Phi) is 14.6. The molecule has 0 aliphatic heterocycles. The van der Waals surface area contributed by atoms with E-state index in [4.69, 9.17) is 0 Å². The van der Waals surface area contributed by atoms with Crippen molar-refractivity contribution >= 4 is 55.7 Å². The van der Waals surface area contributed by atoms with Crippen LogP contribution < -0.4 is 9.80 Å². The molecule has 0 atom stereocenters. The number of anilines is 6. The second kappa shape index (κ2) is 23.7. The third kappa shape index (κ3) is 11.2. The summed E-state index contributed by atoms with van der Waals surface area (Å²) in [7, 11) is 0. The monoisotopic (exact) mass is 1050 g/mol. The average molecular weight is 1050 g/mol. The zero-order valence-electron chi connectivity index (χ0n) is 45.4. The van der Waals surface area contributed by atoms with Crippen molar-refractivity contribution in [3.05, 3.63) is 352 Å². The molecular weight excluding hydrogens is 989 g/mol. The highest BCUT2D eigenvalue weighted by molar-refractivity contribution is 5.90. The van der Waals surface area contributed by atoms with Gasteiger partial charge in [0.2, 0.25) is 0 Å². The van der Waals surface area contributed by atoms with E-state index in [1.807, 2.05) is 0 Å². The average Bonchev–Trinajstić information content (AvgIpc) is 3.69. The maximum atomic E-state index is 2.34. The molecular formula is C80H58N2. The third-order valence-electron chi connectivity index (χ3n) is 15.3.